The molecule has 106 valence electrons. The number of benzene rings is 1. The number of hydrogen-bond acceptors (Lipinski definition) is 2. The van der Waals surface area contributed by atoms with Gasteiger partial charge in [0.1, 0.15) is 17.5 Å². The maximum atomic E-state index is 13.9. The molecule has 0 amide bonds. The summed E-state index contributed by atoms with van der Waals surface area (Å²) in [4.78, 5) is 3.89. The van der Waals surface area contributed by atoms with Gasteiger partial charge in [-0.3, -0.25) is 4.98 Å². The minimum Gasteiger partial charge on any atom is -0.306 e. The molecule has 2 aromatic rings. The lowest BCUT2D eigenvalue weighted by atomic mass is 9.98. The number of pyridine rings is 1. The zero-order chi connectivity index (χ0) is 14.5. The first-order valence-corrected chi connectivity index (χ1v) is 6.41. The summed E-state index contributed by atoms with van der Waals surface area (Å²) >= 11 is 0. The van der Waals surface area contributed by atoms with Crippen LogP contribution in [0.4, 0.5) is 13.2 Å². The molecule has 2 rings (SSSR count). The second-order valence-electron chi connectivity index (χ2n) is 4.45. The van der Waals surface area contributed by atoms with Crippen molar-refractivity contribution in [2.45, 2.75) is 19.4 Å². The molecule has 1 unspecified atom stereocenters. The van der Waals surface area contributed by atoms with E-state index < -0.39 is 23.5 Å². The fourth-order valence-corrected chi connectivity index (χ4v) is 2.06. The van der Waals surface area contributed by atoms with E-state index in [-0.39, 0.29) is 5.56 Å². The van der Waals surface area contributed by atoms with Crippen LogP contribution in [0.5, 0.6) is 0 Å². The Hall–Kier alpha value is -1.88. The molecular weight excluding hydrogens is 265 g/mol. The Labute approximate surface area is 115 Å². The van der Waals surface area contributed by atoms with Crippen LogP contribution in [-0.2, 0) is 0 Å². The molecule has 5 heteroatoms. The second-order valence-corrected chi connectivity index (χ2v) is 4.45. The van der Waals surface area contributed by atoms with Crippen LogP contribution in [0, 0.1) is 17.5 Å². The van der Waals surface area contributed by atoms with Crippen molar-refractivity contribution in [3.63, 3.8) is 0 Å². The number of nitrogens with zero attached hydrogens (tertiary/aromatic N) is 1. The van der Waals surface area contributed by atoms with Gasteiger partial charge in [-0.05, 0) is 30.7 Å². The fourth-order valence-electron chi connectivity index (χ4n) is 2.06. The van der Waals surface area contributed by atoms with Gasteiger partial charge in [0.05, 0.1) is 6.04 Å². The average molecular weight is 280 g/mol. The van der Waals surface area contributed by atoms with Gasteiger partial charge in [0.15, 0.2) is 0 Å². The van der Waals surface area contributed by atoms with Crippen LogP contribution >= 0.6 is 0 Å². The monoisotopic (exact) mass is 280 g/mol. The number of halogens is 3. The molecule has 2 nitrogen and oxygen atoms in total. The molecule has 0 saturated carbocycles. The minimum atomic E-state index is -0.923. The Kier molecular flexibility index (Phi) is 4.74. The Balaban J connectivity index is 2.47. The van der Waals surface area contributed by atoms with Crippen LogP contribution in [-0.4, -0.2) is 11.5 Å². The summed E-state index contributed by atoms with van der Waals surface area (Å²) in [5, 5.41) is 3.07. The summed E-state index contributed by atoms with van der Waals surface area (Å²) in [6.07, 6.45) is 3.91. The lowest BCUT2D eigenvalue weighted by molar-refractivity contribution is 0.486. The summed E-state index contributed by atoms with van der Waals surface area (Å²) < 4.78 is 40.9. The highest BCUT2D eigenvalue weighted by molar-refractivity contribution is 5.33. The van der Waals surface area contributed by atoms with E-state index in [9.17, 15) is 13.2 Å². The Morgan fingerprint density at radius 2 is 1.70 bits per heavy atom. The van der Waals surface area contributed by atoms with Crippen LogP contribution in [0.2, 0.25) is 0 Å². The summed E-state index contributed by atoms with van der Waals surface area (Å²) in [6.45, 7) is 2.54. The van der Waals surface area contributed by atoms with Crippen molar-refractivity contribution in [1.82, 2.24) is 10.3 Å². The summed E-state index contributed by atoms with van der Waals surface area (Å²) in [5.41, 5.74) is 0.504. The van der Waals surface area contributed by atoms with Crippen molar-refractivity contribution in [2.24, 2.45) is 0 Å². The molecule has 0 radical (unpaired) electrons. The summed E-state index contributed by atoms with van der Waals surface area (Å²) in [5.74, 6) is -2.71. The topological polar surface area (TPSA) is 24.9 Å². The van der Waals surface area contributed by atoms with Gasteiger partial charge in [0.25, 0.3) is 0 Å². The Bertz CT molecular complexity index is 550. The van der Waals surface area contributed by atoms with Gasteiger partial charge >= 0.3 is 0 Å². The molecule has 0 saturated heterocycles. The second kappa shape index (κ2) is 6.52. The summed E-state index contributed by atoms with van der Waals surface area (Å²) in [6, 6.07) is 4.07. The molecule has 1 aromatic heterocycles. The van der Waals surface area contributed by atoms with Crippen molar-refractivity contribution in [2.75, 3.05) is 6.54 Å². The molecule has 1 aromatic carbocycles. The molecule has 0 aliphatic heterocycles. The quantitative estimate of drug-likeness (QED) is 0.905. The van der Waals surface area contributed by atoms with E-state index >= 15 is 0 Å². The zero-order valence-corrected chi connectivity index (χ0v) is 11.0. The van der Waals surface area contributed by atoms with E-state index in [0.717, 1.165) is 6.42 Å². The highest BCUT2D eigenvalue weighted by Gasteiger charge is 2.22. The Morgan fingerprint density at radius 1 is 1.10 bits per heavy atom. The SMILES string of the molecule is CCCNC(c1ccncc1)c1c(F)cc(F)cc1F. The predicted octanol–water partition coefficient (Wildman–Crippen LogP) is 3.59. The van der Waals surface area contributed by atoms with Crippen molar-refractivity contribution in [1.29, 1.82) is 0 Å². The first-order valence-electron chi connectivity index (χ1n) is 6.41. The van der Waals surface area contributed by atoms with Crippen molar-refractivity contribution >= 4 is 0 Å². The maximum absolute atomic E-state index is 13.9. The number of nitrogens with one attached hydrogen (secondary N) is 1. The minimum absolute atomic E-state index is 0.175. The Morgan fingerprint density at radius 3 is 2.25 bits per heavy atom. The van der Waals surface area contributed by atoms with Crippen molar-refractivity contribution in [3.05, 3.63) is 65.2 Å². The summed E-state index contributed by atoms with van der Waals surface area (Å²) in [7, 11) is 0. The zero-order valence-electron chi connectivity index (χ0n) is 11.0. The van der Waals surface area contributed by atoms with Gasteiger partial charge in [0.2, 0.25) is 0 Å². The van der Waals surface area contributed by atoms with Gasteiger partial charge in [-0.25, -0.2) is 13.2 Å². The lowest BCUT2D eigenvalue weighted by Gasteiger charge is -2.20. The average Bonchev–Trinajstić information content (AvgIpc) is 2.42. The van der Waals surface area contributed by atoms with Crippen molar-refractivity contribution < 1.29 is 13.2 Å². The molecule has 1 atom stereocenters. The molecule has 0 bridgehead atoms. The maximum Gasteiger partial charge on any atom is 0.134 e. The molecule has 1 heterocycles. The normalized spacial score (nSPS) is 12.4. The van der Waals surface area contributed by atoms with E-state index in [2.05, 4.69) is 10.3 Å². The van der Waals surface area contributed by atoms with E-state index in [1.807, 2.05) is 6.92 Å². The van der Waals surface area contributed by atoms with Gasteiger partial charge in [-0.15, -0.1) is 0 Å². The molecule has 0 aliphatic carbocycles. The standard InChI is InChI=1S/C15H15F3N2/c1-2-5-20-15(10-3-6-19-7-4-10)14-12(17)8-11(16)9-13(14)18/h3-4,6-9,15,20H,2,5H2,1H3. The van der Waals surface area contributed by atoms with E-state index in [1.165, 1.54) is 0 Å². The molecule has 0 spiro atoms. The largest absolute Gasteiger partial charge is 0.306 e. The third-order valence-electron chi connectivity index (χ3n) is 2.97. The highest BCUT2D eigenvalue weighted by atomic mass is 19.1. The highest BCUT2D eigenvalue weighted by Crippen LogP contribution is 2.27. The number of rotatable bonds is 5. The van der Waals surface area contributed by atoms with Gasteiger partial charge in [0, 0.05) is 30.1 Å². The van der Waals surface area contributed by atoms with Crippen LogP contribution in [0.3, 0.4) is 0 Å². The molecule has 20 heavy (non-hydrogen) atoms. The van der Waals surface area contributed by atoms with Gasteiger partial charge in [-0.1, -0.05) is 6.92 Å². The molecular formula is C15H15F3N2. The third kappa shape index (κ3) is 3.17. The first kappa shape index (κ1) is 14.5. The van der Waals surface area contributed by atoms with E-state index in [4.69, 9.17) is 0 Å². The van der Waals surface area contributed by atoms with Gasteiger partial charge in [-0.2, -0.15) is 0 Å². The third-order valence-corrected chi connectivity index (χ3v) is 2.97. The van der Waals surface area contributed by atoms with Crippen LogP contribution in [0.25, 0.3) is 0 Å². The first-order chi connectivity index (χ1) is 9.63. The molecule has 1 N–H and O–H groups in total. The van der Waals surface area contributed by atoms with Gasteiger partial charge < -0.3 is 5.32 Å². The number of hydrogen-bond donors (Lipinski definition) is 1. The van der Waals surface area contributed by atoms with E-state index in [1.54, 1.807) is 24.5 Å². The molecule has 0 fully saturated rings. The smallest absolute Gasteiger partial charge is 0.134 e. The number of aromatic nitrogens is 1. The molecule has 0 aliphatic rings. The lowest BCUT2D eigenvalue weighted by Crippen LogP contribution is -2.25. The fraction of sp³-hybridized carbons (Fsp3) is 0.267. The van der Waals surface area contributed by atoms with Crippen LogP contribution in [0.15, 0.2) is 36.7 Å². The van der Waals surface area contributed by atoms with Crippen LogP contribution < -0.4 is 5.32 Å². The predicted molar refractivity (Wildman–Crippen MR) is 70.7 cm³/mol. The van der Waals surface area contributed by atoms with Crippen molar-refractivity contribution in [3.8, 4) is 0 Å². The van der Waals surface area contributed by atoms with Crippen LogP contribution in [0.1, 0.15) is 30.5 Å². The van der Waals surface area contributed by atoms with E-state index in [0.29, 0.717) is 24.2 Å².